The van der Waals surface area contributed by atoms with Crippen LogP contribution in [0.1, 0.15) is 16.0 Å². The normalized spacial score (nSPS) is 11.0. The summed E-state index contributed by atoms with van der Waals surface area (Å²) >= 11 is 1.51. The van der Waals surface area contributed by atoms with Crippen LogP contribution in [0.3, 0.4) is 0 Å². The average Bonchev–Trinajstić information content (AvgIpc) is 2.80. The lowest BCUT2D eigenvalue weighted by molar-refractivity contribution is -0.131. The predicted octanol–water partition coefficient (Wildman–Crippen LogP) is 2.36. The van der Waals surface area contributed by atoms with Crippen LogP contribution in [-0.2, 0) is 11.3 Å². The first-order valence-electron chi connectivity index (χ1n) is 5.71. The third kappa shape index (κ3) is 3.20. The minimum Gasteiger partial charge on any atom is -0.478 e. The van der Waals surface area contributed by atoms with Gasteiger partial charge >= 0.3 is 5.97 Å². The molecule has 0 saturated heterocycles. The van der Waals surface area contributed by atoms with Crippen molar-refractivity contribution in [3.05, 3.63) is 62.2 Å². The van der Waals surface area contributed by atoms with Crippen molar-refractivity contribution in [1.82, 2.24) is 4.57 Å². The molecule has 0 aromatic carbocycles. The second-order valence-electron chi connectivity index (χ2n) is 4.09. The molecule has 0 aliphatic heterocycles. The van der Waals surface area contributed by atoms with Crippen molar-refractivity contribution in [2.24, 2.45) is 0 Å². The summed E-state index contributed by atoms with van der Waals surface area (Å²) in [6.45, 7) is 2.23. The Labute approximate surface area is 114 Å². The molecule has 98 valence electrons. The van der Waals surface area contributed by atoms with Crippen LogP contribution in [0, 0.1) is 6.92 Å². The molecule has 2 aromatic rings. The number of carboxylic acids is 1. The summed E-state index contributed by atoms with van der Waals surface area (Å²) in [5.74, 6) is -0.982. The summed E-state index contributed by atoms with van der Waals surface area (Å²) in [4.78, 5) is 23.4. The molecule has 0 fully saturated rings. The van der Waals surface area contributed by atoms with Gasteiger partial charge in [0.05, 0.1) is 6.54 Å². The van der Waals surface area contributed by atoms with Gasteiger partial charge < -0.3 is 9.67 Å². The van der Waals surface area contributed by atoms with Gasteiger partial charge in [-0.1, -0.05) is 6.07 Å². The van der Waals surface area contributed by atoms with Gasteiger partial charge in [0.2, 0.25) is 0 Å². The van der Waals surface area contributed by atoms with Crippen LogP contribution in [0.4, 0.5) is 0 Å². The molecule has 4 nitrogen and oxygen atoms in total. The highest BCUT2D eigenvalue weighted by Gasteiger charge is 2.05. The van der Waals surface area contributed by atoms with Gasteiger partial charge in [0.15, 0.2) is 0 Å². The number of rotatable bonds is 4. The fraction of sp³-hybridized carbons (Fsp3) is 0.143. The molecular formula is C14H13NO3S. The van der Waals surface area contributed by atoms with E-state index in [0.717, 1.165) is 16.5 Å². The third-order valence-corrected chi connectivity index (χ3v) is 3.63. The largest absolute Gasteiger partial charge is 0.478 e. The Morgan fingerprint density at radius 3 is 3.00 bits per heavy atom. The number of carboxylic acid groups (broad SMARTS) is 1. The minimum absolute atomic E-state index is 0.0240. The van der Waals surface area contributed by atoms with E-state index in [0.29, 0.717) is 12.1 Å². The Morgan fingerprint density at radius 1 is 1.47 bits per heavy atom. The second kappa shape index (κ2) is 5.67. The third-order valence-electron chi connectivity index (χ3n) is 2.71. The summed E-state index contributed by atoms with van der Waals surface area (Å²) in [7, 11) is 0. The topological polar surface area (TPSA) is 59.3 Å². The van der Waals surface area contributed by atoms with Crippen LogP contribution in [0.15, 0.2) is 40.6 Å². The minimum atomic E-state index is -0.982. The molecule has 19 heavy (non-hydrogen) atoms. The van der Waals surface area contributed by atoms with Gasteiger partial charge in [0.1, 0.15) is 0 Å². The molecule has 2 heterocycles. The van der Waals surface area contributed by atoms with Crippen molar-refractivity contribution in [2.45, 2.75) is 13.5 Å². The number of pyridine rings is 1. The molecule has 0 atom stereocenters. The van der Waals surface area contributed by atoms with Gasteiger partial charge in [-0.2, -0.15) is 0 Å². The lowest BCUT2D eigenvalue weighted by Crippen LogP contribution is -2.21. The molecule has 0 aliphatic rings. The van der Waals surface area contributed by atoms with Gasteiger partial charge in [0, 0.05) is 22.7 Å². The Hall–Kier alpha value is -2.14. The molecule has 0 amide bonds. The zero-order chi connectivity index (χ0) is 13.8. The summed E-state index contributed by atoms with van der Waals surface area (Å²) in [6.07, 6.45) is 4.39. The number of hydrogen-bond donors (Lipinski definition) is 1. The first-order chi connectivity index (χ1) is 9.08. The number of thiophene rings is 1. The fourth-order valence-electron chi connectivity index (χ4n) is 1.72. The second-order valence-corrected chi connectivity index (χ2v) is 5.10. The van der Waals surface area contributed by atoms with E-state index in [1.165, 1.54) is 11.3 Å². The smallest absolute Gasteiger partial charge is 0.328 e. The number of aryl methyl sites for hydroxylation is 1. The maximum absolute atomic E-state index is 11.9. The van der Waals surface area contributed by atoms with E-state index in [2.05, 4.69) is 0 Å². The van der Waals surface area contributed by atoms with E-state index in [4.69, 9.17) is 5.11 Å². The van der Waals surface area contributed by atoms with Crippen LogP contribution in [-0.4, -0.2) is 15.6 Å². The zero-order valence-corrected chi connectivity index (χ0v) is 11.2. The highest BCUT2D eigenvalue weighted by atomic mass is 32.1. The first-order valence-corrected chi connectivity index (χ1v) is 6.59. The van der Waals surface area contributed by atoms with Crippen molar-refractivity contribution in [2.75, 3.05) is 0 Å². The van der Waals surface area contributed by atoms with Crippen LogP contribution in [0.5, 0.6) is 0 Å². The lowest BCUT2D eigenvalue weighted by atomic mass is 10.2. The molecule has 2 rings (SSSR count). The van der Waals surface area contributed by atoms with Crippen LogP contribution < -0.4 is 5.56 Å². The van der Waals surface area contributed by atoms with E-state index in [-0.39, 0.29) is 5.56 Å². The van der Waals surface area contributed by atoms with E-state index in [1.54, 1.807) is 29.8 Å². The van der Waals surface area contributed by atoms with Crippen molar-refractivity contribution in [3.63, 3.8) is 0 Å². The average molecular weight is 275 g/mol. The van der Waals surface area contributed by atoms with E-state index in [1.807, 2.05) is 17.5 Å². The number of aliphatic carboxylic acids is 1. The lowest BCUT2D eigenvalue weighted by Gasteiger charge is -2.05. The van der Waals surface area contributed by atoms with Crippen molar-refractivity contribution >= 4 is 23.4 Å². The molecule has 0 saturated carbocycles. The number of nitrogens with zero attached hydrogens (tertiary/aromatic N) is 1. The Bertz CT molecular complexity index is 682. The highest BCUT2D eigenvalue weighted by Crippen LogP contribution is 2.19. The maximum atomic E-state index is 11.9. The fourth-order valence-corrected chi connectivity index (χ4v) is 2.59. The highest BCUT2D eigenvalue weighted by molar-refractivity contribution is 7.10. The van der Waals surface area contributed by atoms with Crippen LogP contribution in [0.2, 0.25) is 0 Å². The van der Waals surface area contributed by atoms with E-state index in [9.17, 15) is 9.59 Å². The number of carbonyl (C=O) groups is 1. The number of aromatic nitrogens is 1. The predicted molar refractivity (Wildman–Crippen MR) is 75.5 cm³/mol. The van der Waals surface area contributed by atoms with Crippen molar-refractivity contribution < 1.29 is 9.90 Å². The van der Waals surface area contributed by atoms with E-state index >= 15 is 0 Å². The Balaban J connectivity index is 2.29. The van der Waals surface area contributed by atoms with E-state index < -0.39 is 5.97 Å². The molecule has 0 spiro atoms. The molecule has 2 aromatic heterocycles. The van der Waals surface area contributed by atoms with Gasteiger partial charge in [-0.3, -0.25) is 4.79 Å². The first kappa shape index (κ1) is 13.3. The van der Waals surface area contributed by atoms with Crippen LogP contribution in [0.25, 0.3) is 6.08 Å². The van der Waals surface area contributed by atoms with Gasteiger partial charge in [-0.05, 0) is 36.1 Å². The van der Waals surface area contributed by atoms with Crippen LogP contribution >= 0.6 is 11.3 Å². The molecule has 5 heteroatoms. The zero-order valence-electron chi connectivity index (χ0n) is 10.4. The molecule has 0 aliphatic carbocycles. The summed E-state index contributed by atoms with van der Waals surface area (Å²) < 4.78 is 1.62. The maximum Gasteiger partial charge on any atom is 0.328 e. The summed E-state index contributed by atoms with van der Waals surface area (Å²) in [5, 5.41) is 10.5. The van der Waals surface area contributed by atoms with Crippen molar-refractivity contribution in [1.29, 1.82) is 0 Å². The molecule has 0 unspecified atom stereocenters. The van der Waals surface area contributed by atoms with Gasteiger partial charge in [0.25, 0.3) is 5.56 Å². The Kier molecular flexibility index (Phi) is 3.97. The monoisotopic (exact) mass is 275 g/mol. The summed E-state index contributed by atoms with van der Waals surface area (Å²) in [5.41, 5.74) is 1.51. The van der Waals surface area contributed by atoms with Gasteiger partial charge in [-0.15, -0.1) is 11.3 Å². The van der Waals surface area contributed by atoms with Crippen molar-refractivity contribution in [3.8, 4) is 0 Å². The summed E-state index contributed by atoms with van der Waals surface area (Å²) in [6, 6.07) is 5.45. The van der Waals surface area contributed by atoms with Gasteiger partial charge in [-0.25, -0.2) is 4.79 Å². The standard InChI is InChI=1S/C14H13NO3S/c1-10-3-2-7-15(14(10)18)9-12-11(6-8-19-12)4-5-13(16)17/h2-8H,9H2,1H3,(H,16,17). The molecule has 0 bridgehead atoms. The molecular weight excluding hydrogens is 262 g/mol. The molecule has 0 radical (unpaired) electrons. The quantitative estimate of drug-likeness (QED) is 0.871. The SMILES string of the molecule is Cc1cccn(Cc2sccc2C=CC(=O)O)c1=O. The number of hydrogen-bond acceptors (Lipinski definition) is 3. The molecule has 1 N–H and O–H groups in total. The Morgan fingerprint density at radius 2 is 2.26 bits per heavy atom.